The van der Waals surface area contributed by atoms with E-state index >= 15 is 0 Å². The summed E-state index contributed by atoms with van der Waals surface area (Å²) in [6, 6.07) is 0.285. The molecular weight excluding hydrogens is 228 g/mol. The zero-order valence-corrected chi connectivity index (χ0v) is 10.9. The number of carbonyl (C=O) groups is 1. The molecule has 1 rings (SSSR count). The lowest BCUT2D eigenvalue weighted by molar-refractivity contribution is -0.127. The summed E-state index contributed by atoms with van der Waals surface area (Å²) in [7, 11) is 1.64. The fourth-order valence-electron chi connectivity index (χ4n) is 2.12. The highest BCUT2D eigenvalue weighted by atomic mass is 35.5. The molecule has 16 heavy (non-hydrogen) atoms. The molecule has 1 saturated carbocycles. The number of rotatable bonds is 4. The van der Waals surface area contributed by atoms with Crippen LogP contribution < -0.4 is 11.1 Å². The van der Waals surface area contributed by atoms with Crippen molar-refractivity contribution in [2.24, 2.45) is 11.7 Å². The first-order valence-electron chi connectivity index (χ1n) is 5.68. The molecule has 0 aromatic rings. The Morgan fingerprint density at radius 2 is 2.25 bits per heavy atom. The predicted molar refractivity (Wildman–Crippen MR) is 66.7 cm³/mol. The number of nitrogens with one attached hydrogen (secondary N) is 1. The molecule has 0 radical (unpaired) electrons. The number of amides is 1. The van der Waals surface area contributed by atoms with Crippen LogP contribution >= 0.6 is 12.4 Å². The Morgan fingerprint density at radius 3 is 2.81 bits per heavy atom. The molecule has 2 unspecified atom stereocenters. The molecule has 0 aromatic heterocycles. The quantitative estimate of drug-likeness (QED) is 0.785. The summed E-state index contributed by atoms with van der Waals surface area (Å²) in [5.41, 5.74) is 5.85. The molecule has 1 aliphatic rings. The second kappa shape index (κ2) is 7.87. The summed E-state index contributed by atoms with van der Waals surface area (Å²) in [6.45, 7) is 2.51. The molecule has 0 heterocycles. The second-order valence-electron chi connectivity index (χ2n) is 4.49. The Hall–Kier alpha value is -0.320. The summed E-state index contributed by atoms with van der Waals surface area (Å²) < 4.78 is 4.97. The van der Waals surface area contributed by atoms with Gasteiger partial charge >= 0.3 is 0 Å². The number of hydrogen-bond donors (Lipinski definition) is 2. The SMILES string of the molecule is COC[C@@H](C)NC(=O)C1CCCC(N)C1.Cl. The molecule has 0 spiro atoms. The van der Waals surface area contributed by atoms with E-state index in [1.165, 1.54) is 0 Å². The van der Waals surface area contributed by atoms with Gasteiger partial charge < -0.3 is 15.8 Å². The molecule has 3 N–H and O–H groups in total. The van der Waals surface area contributed by atoms with E-state index in [0.717, 1.165) is 25.7 Å². The van der Waals surface area contributed by atoms with Crippen molar-refractivity contribution in [1.29, 1.82) is 0 Å². The Balaban J connectivity index is 0.00000225. The molecule has 1 amide bonds. The van der Waals surface area contributed by atoms with Gasteiger partial charge in [-0.1, -0.05) is 6.42 Å². The molecule has 0 aliphatic heterocycles. The van der Waals surface area contributed by atoms with Gasteiger partial charge in [0, 0.05) is 25.1 Å². The van der Waals surface area contributed by atoms with Gasteiger partial charge in [-0.3, -0.25) is 4.79 Å². The van der Waals surface area contributed by atoms with E-state index in [1.807, 2.05) is 6.92 Å². The van der Waals surface area contributed by atoms with Gasteiger partial charge in [0.25, 0.3) is 0 Å². The van der Waals surface area contributed by atoms with Gasteiger partial charge in [-0.15, -0.1) is 12.4 Å². The third-order valence-corrected chi connectivity index (χ3v) is 2.89. The Bertz CT molecular complexity index is 214. The van der Waals surface area contributed by atoms with Crippen molar-refractivity contribution in [2.75, 3.05) is 13.7 Å². The minimum absolute atomic E-state index is 0. The lowest BCUT2D eigenvalue weighted by Crippen LogP contribution is -2.42. The van der Waals surface area contributed by atoms with Crippen LogP contribution in [0.3, 0.4) is 0 Å². The van der Waals surface area contributed by atoms with Crippen LogP contribution in [0.1, 0.15) is 32.6 Å². The minimum atomic E-state index is 0. The van der Waals surface area contributed by atoms with Crippen molar-refractivity contribution >= 4 is 18.3 Å². The van der Waals surface area contributed by atoms with Crippen molar-refractivity contribution < 1.29 is 9.53 Å². The molecular formula is C11H23ClN2O2. The zero-order valence-electron chi connectivity index (χ0n) is 10.1. The van der Waals surface area contributed by atoms with Crippen LogP contribution in [0.5, 0.6) is 0 Å². The van der Waals surface area contributed by atoms with Crippen LogP contribution in [-0.4, -0.2) is 31.7 Å². The van der Waals surface area contributed by atoms with Crippen molar-refractivity contribution in [1.82, 2.24) is 5.32 Å². The lowest BCUT2D eigenvalue weighted by atomic mass is 9.85. The number of carbonyl (C=O) groups excluding carboxylic acids is 1. The van der Waals surface area contributed by atoms with Crippen molar-refractivity contribution in [3.05, 3.63) is 0 Å². The van der Waals surface area contributed by atoms with Gasteiger partial charge in [-0.05, 0) is 26.2 Å². The highest BCUT2D eigenvalue weighted by Gasteiger charge is 2.25. The molecule has 96 valence electrons. The van der Waals surface area contributed by atoms with Gasteiger partial charge in [-0.25, -0.2) is 0 Å². The highest BCUT2D eigenvalue weighted by Crippen LogP contribution is 2.23. The summed E-state index contributed by atoms with van der Waals surface area (Å²) in [4.78, 5) is 11.8. The number of hydrogen-bond acceptors (Lipinski definition) is 3. The number of ether oxygens (including phenoxy) is 1. The average molecular weight is 251 g/mol. The van der Waals surface area contributed by atoms with Crippen LogP contribution in [0.2, 0.25) is 0 Å². The fraction of sp³-hybridized carbons (Fsp3) is 0.909. The molecule has 0 saturated heterocycles. The Kier molecular flexibility index (Phi) is 7.72. The topological polar surface area (TPSA) is 64.3 Å². The first-order chi connectivity index (χ1) is 7.13. The Morgan fingerprint density at radius 1 is 1.56 bits per heavy atom. The second-order valence-corrected chi connectivity index (χ2v) is 4.49. The summed E-state index contributed by atoms with van der Waals surface area (Å²) in [5.74, 6) is 0.239. The van der Waals surface area contributed by atoms with Gasteiger partial charge in [0.2, 0.25) is 5.91 Å². The highest BCUT2D eigenvalue weighted by molar-refractivity contribution is 5.85. The summed E-state index contributed by atoms with van der Waals surface area (Å²) in [6.07, 6.45) is 3.92. The van der Waals surface area contributed by atoms with E-state index in [9.17, 15) is 4.79 Å². The van der Waals surface area contributed by atoms with E-state index in [0.29, 0.717) is 6.61 Å². The molecule has 4 nitrogen and oxygen atoms in total. The zero-order chi connectivity index (χ0) is 11.3. The van der Waals surface area contributed by atoms with E-state index in [-0.39, 0.29) is 36.3 Å². The van der Waals surface area contributed by atoms with Crippen LogP contribution in [0.15, 0.2) is 0 Å². The molecule has 1 fully saturated rings. The monoisotopic (exact) mass is 250 g/mol. The van der Waals surface area contributed by atoms with Crippen molar-refractivity contribution in [3.63, 3.8) is 0 Å². The third kappa shape index (κ3) is 5.14. The lowest BCUT2D eigenvalue weighted by Gasteiger charge is -2.26. The van der Waals surface area contributed by atoms with Crippen LogP contribution in [0, 0.1) is 5.92 Å². The molecule has 1 aliphatic carbocycles. The third-order valence-electron chi connectivity index (χ3n) is 2.89. The number of nitrogens with two attached hydrogens (primary N) is 1. The predicted octanol–water partition coefficient (Wildman–Crippen LogP) is 1.08. The minimum Gasteiger partial charge on any atom is -0.383 e. The maximum Gasteiger partial charge on any atom is 0.223 e. The summed E-state index contributed by atoms with van der Waals surface area (Å²) >= 11 is 0. The van der Waals surface area contributed by atoms with Gasteiger partial charge in [0.1, 0.15) is 0 Å². The standard InChI is InChI=1S/C11H22N2O2.ClH/c1-8(7-15-2)13-11(14)9-4-3-5-10(12)6-9;/h8-10H,3-7,12H2,1-2H3,(H,13,14);1H/t8-,9?,10?;/m1./s1. The van der Waals surface area contributed by atoms with Crippen molar-refractivity contribution in [2.45, 2.75) is 44.7 Å². The normalized spacial score (nSPS) is 26.7. The fourth-order valence-corrected chi connectivity index (χ4v) is 2.12. The Labute approximate surface area is 104 Å². The number of methoxy groups -OCH3 is 1. The van der Waals surface area contributed by atoms with Gasteiger partial charge in [-0.2, -0.15) is 0 Å². The van der Waals surface area contributed by atoms with E-state index < -0.39 is 0 Å². The maximum atomic E-state index is 11.8. The summed E-state index contributed by atoms with van der Waals surface area (Å²) in [5, 5.41) is 2.95. The van der Waals surface area contributed by atoms with Crippen molar-refractivity contribution in [3.8, 4) is 0 Å². The van der Waals surface area contributed by atoms with E-state index in [4.69, 9.17) is 10.5 Å². The van der Waals surface area contributed by atoms with E-state index in [2.05, 4.69) is 5.32 Å². The molecule has 0 aromatic carbocycles. The van der Waals surface area contributed by atoms with E-state index in [1.54, 1.807) is 7.11 Å². The largest absolute Gasteiger partial charge is 0.383 e. The first-order valence-corrected chi connectivity index (χ1v) is 5.68. The average Bonchev–Trinajstić information content (AvgIpc) is 2.18. The molecule has 3 atom stereocenters. The van der Waals surface area contributed by atoms with Crippen LogP contribution in [-0.2, 0) is 9.53 Å². The van der Waals surface area contributed by atoms with Gasteiger partial charge in [0.15, 0.2) is 0 Å². The number of halogens is 1. The molecule has 5 heteroatoms. The van der Waals surface area contributed by atoms with Crippen LogP contribution in [0.25, 0.3) is 0 Å². The van der Waals surface area contributed by atoms with Crippen LogP contribution in [0.4, 0.5) is 0 Å². The maximum absolute atomic E-state index is 11.8. The smallest absolute Gasteiger partial charge is 0.223 e. The molecule has 0 bridgehead atoms. The van der Waals surface area contributed by atoms with Gasteiger partial charge in [0.05, 0.1) is 6.61 Å². The first kappa shape index (κ1) is 15.7.